The van der Waals surface area contributed by atoms with Crippen LogP contribution in [-0.4, -0.2) is 5.91 Å². The Labute approximate surface area is 112 Å². The minimum absolute atomic E-state index is 0.0423. The molecule has 0 bridgehead atoms. The SMILES string of the molecule is Cc1ccc(C(=O)Nc2cc(C)c(C)s2)cc1C. The van der Waals surface area contributed by atoms with Gasteiger partial charge < -0.3 is 5.32 Å². The van der Waals surface area contributed by atoms with Gasteiger partial charge in [0, 0.05) is 10.4 Å². The highest BCUT2D eigenvalue weighted by Crippen LogP contribution is 2.26. The Morgan fingerprint density at radius 3 is 2.28 bits per heavy atom. The van der Waals surface area contributed by atoms with Gasteiger partial charge in [0.15, 0.2) is 0 Å². The summed E-state index contributed by atoms with van der Waals surface area (Å²) >= 11 is 1.61. The first-order chi connectivity index (χ1) is 8.47. The van der Waals surface area contributed by atoms with E-state index in [0.717, 1.165) is 10.6 Å². The predicted molar refractivity (Wildman–Crippen MR) is 77.7 cm³/mol. The highest BCUT2D eigenvalue weighted by Gasteiger charge is 2.09. The number of anilines is 1. The van der Waals surface area contributed by atoms with Crippen LogP contribution in [0.4, 0.5) is 5.00 Å². The van der Waals surface area contributed by atoms with Crippen molar-refractivity contribution in [2.75, 3.05) is 5.32 Å². The van der Waals surface area contributed by atoms with Crippen molar-refractivity contribution in [2.45, 2.75) is 27.7 Å². The third-order valence-corrected chi connectivity index (χ3v) is 4.24. The molecule has 1 aromatic heterocycles. The summed E-state index contributed by atoms with van der Waals surface area (Å²) in [6.07, 6.45) is 0. The molecule has 0 aliphatic rings. The molecule has 18 heavy (non-hydrogen) atoms. The van der Waals surface area contributed by atoms with Crippen LogP contribution in [0.3, 0.4) is 0 Å². The maximum Gasteiger partial charge on any atom is 0.256 e. The van der Waals surface area contributed by atoms with Crippen LogP contribution in [0.1, 0.15) is 31.9 Å². The van der Waals surface area contributed by atoms with Crippen LogP contribution in [0.15, 0.2) is 24.3 Å². The first kappa shape index (κ1) is 12.8. The smallest absolute Gasteiger partial charge is 0.256 e. The van der Waals surface area contributed by atoms with Crippen molar-refractivity contribution in [2.24, 2.45) is 0 Å². The highest BCUT2D eigenvalue weighted by atomic mass is 32.1. The van der Waals surface area contributed by atoms with Crippen LogP contribution in [0.2, 0.25) is 0 Å². The molecule has 1 aromatic carbocycles. The highest BCUT2D eigenvalue weighted by molar-refractivity contribution is 7.16. The number of amides is 1. The Hall–Kier alpha value is -1.61. The molecule has 2 nitrogen and oxygen atoms in total. The molecule has 0 atom stereocenters. The van der Waals surface area contributed by atoms with Crippen LogP contribution in [0, 0.1) is 27.7 Å². The van der Waals surface area contributed by atoms with Crippen molar-refractivity contribution in [1.82, 2.24) is 0 Å². The zero-order valence-corrected chi connectivity index (χ0v) is 11.9. The van der Waals surface area contributed by atoms with Crippen molar-refractivity contribution in [3.63, 3.8) is 0 Å². The standard InChI is InChI=1S/C15H17NOS/c1-9-5-6-13(7-10(9)2)15(17)16-14-8-11(3)12(4)18-14/h5-8H,1-4H3,(H,16,17). The molecule has 0 saturated carbocycles. The molecule has 0 saturated heterocycles. The summed E-state index contributed by atoms with van der Waals surface area (Å²) < 4.78 is 0. The van der Waals surface area contributed by atoms with Gasteiger partial charge in [-0.2, -0.15) is 0 Å². The minimum Gasteiger partial charge on any atom is -0.314 e. The number of hydrogen-bond acceptors (Lipinski definition) is 2. The number of benzene rings is 1. The average Bonchev–Trinajstić information content (AvgIpc) is 2.61. The van der Waals surface area contributed by atoms with E-state index in [9.17, 15) is 4.79 Å². The van der Waals surface area contributed by atoms with Crippen molar-refractivity contribution < 1.29 is 4.79 Å². The van der Waals surface area contributed by atoms with E-state index in [-0.39, 0.29) is 5.91 Å². The van der Waals surface area contributed by atoms with E-state index in [2.05, 4.69) is 19.2 Å². The molecule has 94 valence electrons. The van der Waals surface area contributed by atoms with Gasteiger partial charge in [-0.3, -0.25) is 4.79 Å². The third-order valence-electron chi connectivity index (χ3n) is 3.17. The number of thiophene rings is 1. The Morgan fingerprint density at radius 1 is 1.00 bits per heavy atom. The van der Waals surface area contributed by atoms with Crippen molar-refractivity contribution in [3.8, 4) is 0 Å². The minimum atomic E-state index is -0.0423. The molecule has 2 aromatic rings. The molecule has 1 N–H and O–H groups in total. The zero-order valence-electron chi connectivity index (χ0n) is 11.1. The lowest BCUT2D eigenvalue weighted by Gasteiger charge is -2.05. The molecule has 0 aliphatic carbocycles. The van der Waals surface area contributed by atoms with Crippen LogP contribution in [0.5, 0.6) is 0 Å². The third kappa shape index (κ3) is 2.62. The van der Waals surface area contributed by atoms with E-state index in [0.29, 0.717) is 5.56 Å². The number of carbonyl (C=O) groups is 1. The van der Waals surface area contributed by atoms with Crippen molar-refractivity contribution in [3.05, 3.63) is 51.4 Å². The normalized spacial score (nSPS) is 10.4. The molecule has 0 unspecified atom stereocenters. The molecule has 1 heterocycles. The molecule has 0 radical (unpaired) electrons. The summed E-state index contributed by atoms with van der Waals surface area (Å²) in [5.41, 5.74) is 4.27. The van der Waals surface area contributed by atoms with Gasteiger partial charge in [-0.05, 0) is 62.6 Å². The number of hydrogen-bond donors (Lipinski definition) is 1. The van der Waals surface area contributed by atoms with E-state index in [1.165, 1.54) is 16.0 Å². The molecular weight excluding hydrogens is 242 g/mol. The van der Waals surface area contributed by atoms with E-state index in [4.69, 9.17) is 0 Å². The first-order valence-corrected chi connectivity index (χ1v) is 6.74. The lowest BCUT2D eigenvalue weighted by Crippen LogP contribution is -2.11. The molecule has 0 aliphatic heterocycles. The molecule has 0 fully saturated rings. The summed E-state index contributed by atoms with van der Waals surface area (Å²) in [6.45, 7) is 8.18. The predicted octanol–water partition coefficient (Wildman–Crippen LogP) is 4.23. The number of nitrogens with one attached hydrogen (secondary N) is 1. The van der Waals surface area contributed by atoms with E-state index in [1.54, 1.807) is 11.3 Å². The van der Waals surface area contributed by atoms with Crippen LogP contribution >= 0.6 is 11.3 Å². The Kier molecular flexibility index (Phi) is 3.53. The van der Waals surface area contributed by atoms with Crippen LogP contribution in [-0.2, 0) is 0 Å². The van der Waals surface area contributed by atoms with Gasteiger partial charge in [0.1, 0.15) is 0 Å². The van der Waals surface area contributed by atoms with Crippen molar-refractivity contribution >= 4 is 22.2 Å². The second-order valence-corrected chi connectivity index (χ2v) is 5.86. The largest absolute Gasteiger partial charge is 0.314 e. The van der Waals surface area contributed by atoms with Crippen LogP contribution in [0.25, 0.3) is 0 Å². The lowest BCUT2D eigenvalue weighted by atomic mass is 10.1. The fourth-order valence-corrected chi connectivity index (χ4v) is 2.63. The van der Waals surface area contributed by atoms with Gasteiger partial charge in [0.2, 0.25) is 0 Å². The molecule has 3 heteroatoms. The fraction of sp³-hybridized carbons (Fsp3) is 0.267. The summed E-state index contributed by atoms with van der Waals surface area (Å²) in [4.78, 5) is 13.3. The van der Waals surface area contributed by atoms with Gasteiger partial charge in [-0.25, -0.2) is 0 Å². The second-order valence-electron chi connectivity index (χ2n) is 4.60. The fourth-order valence-electron chi connectivity index (χ4n) is 1.70. The van der Waals surface area contributed by atoms with Gasteiger partial charge in [-0.1, -0.05) is 6.07 Å². The quantitative estimate of drug-likeness (QED) is 0.859. The number of rotatable bonds is 2. The monoisotopic (exact) mass is 259 g/mol. The molecule has 1 amide bonds. The summed E-state index contributed by atoms with van der Waals surface area (Å²) in [5, 5.41) is 3.86. The van der Waals surface area contributed by atoms with Gasteiger partial charge in [-0.15, -0.1) is 11.3 Å². The Bertz CT molecular complexity index is 579. The van der Waals surface area contributed by atoms with E-state index < -0.39 is 0 Å². The number of aryl methyl sites for hydroxylation is 4. The lowest BCUT2D eigenvalue weighted by molar-refractivity contribution is 0.102. The Balaban J connectivity index is 2.19. The summed E-state index contributed by atoms with van der Waals surface area (Å²) in [5.74, 6) is -0.0423. The van der Waals surface area contributed by atoms with Crippen LogP contribution < -0.4 is 5.32 Å². The molecule has 0 spiro atoms. The Morgan fingerprint density at radius 2 is 1.72 bits per heavy atom. The second kappa shape index (κ2) is 4.94. The number of carbonyl (C=O) groups excluding carboxylic acids is 1. The van der Waals surface area contributed by atoms with Gasteiger partial charge in [0.25, 0.3) is 5.91 Å². The van der Waals surface area contributed by atoms with E-state index >= 15 is 0 Å². The van der Waals surface area contributed by atoms with Gasteiger partial charge in [0.05, 0.1) is 5.00 Å². The average molecular weight is 259 g/mol. The molecular formula is C15H17NOS. The zero-order chi connectivity index (χ0) is 13.3. The van der Waals surface area contributed by atoms with Gasteiger partial charge >= 0.3 is 0 Å². The first-order valence-electron chi connectivity index (χ1n) is 5.93. The van der Waals surface area contributed by atoms with E-state index in [1.807, 2.05) is 38.1 Å². The molecule has 2 rings (SSSR count). The van der Waals surface area contributed by atoms with Crippen molar-refractivity contribution in [1.29, 1.82) is 0 Å². The topological polar surface area (TPSA) is 29.1 Å². The maximum absolute atomic E-state index is 12.1. The summed E-state index contributed by atoms with van der Waals surface area (Å²) in [7, 11) is 0. The maximum atomic E-state index is 12.1. The summed E-state index contributed by atoms with van der Waals surface area (Å²) in [6, 6.07) is 7.79.